The monoisotopic (exact) mass is 625 g/mol. The van der Waals surface area contributed by atoms with Crippen LogP contribution in [0.15, 0.2) is 52.2 Å². The van der Waals surface area contributed by atoms with E-state index in [0.717, 1.165) is 10.6 Å². The molecule has 0 saturated carbocycles. The van der Waals surface area contributed by atoms with Gasteiger partial charge in [0.1, 0.15) is 24.1 Å². The SMILES string of the molecule is CCC(C)OC(=O)[C@H](C)NP(=O)(OC[C@@H](O[C@H](CBr)n1ccc(=O)[nH]c1=O)[C@@H](O)Cl)Oc1ccccc1. The number of nitrogens with zero attached hydrogens (tertiary/aromatic N) is 1. The van der Waals surface area contributed by atoms with Crippen LogP contribution < -0.4 is 20.9 Å². The molecular weight excluding hydrogens is 597 g/mol. The molecule has 6 atom stereocenters. The average molecular weight is 627 g/mol. The number of benzene rings is 1. The van der Waals surface area contributed by atoms with Crippen molar-refractivity contribution in [1.29, 1.82) is 0 Å². The molecule has 0 aliphatic heterocycles. The molecule has 0 bridgehead atoms. The van der Waals surface area contributed by atoms with Gasteiger partial charge in [-0.1, -0.05) is 52.7 Å². The lowest BCUT2D eigenvalue weighted by atomic mass is 10.3. The topological polar surface area (TPSA) is 158 Å². The molecule has 0 fully saturated rings. The van der Waals surface area contributed by atoms with Crippen LogP contribution in [0.5, 0.6) is 5.75 Å². The predicted molar refractivity (Wildman–Crippen MR) is 140 cm³/mol. The Kier molecular flexibility index (Phi) is 12.5. The molecule has 1 heterocycles. The molecule has 37 heavy (non-hydrogen) atoms. The zero-order valence-electron chi connectivity index (χ0n) is 20.4. The number of carbonyl (C=O) groups excluding carboxylic acids is 1. The summed E-state index contributed by atoms with van der Waals surface area (Å²) in [6.45, 7) is 4.43. The first-order valence-electron chi connectivity index (χ1n) is 11.3. The molecule has 0 aliphatic carbocycles. The zero-order valence-corrected chi connectivity index (χ0v) is 23.6. The highest BCUT2D eigenvalue weighted by molar-refractivity contribution is 9.09. The van der Waals surface area contributed by atoms with E-state index in [2.05, 4.69) is 26.0 Å². The van der Waals surface area contributed by atoms with Gasteiger partial charge in [-0.15, -0.1) is 0 Å². The number of aromatic amines is 1. The fourth-order valence-corrected chi connectivity index (χ4v) is 4.87. The number of hydrogen-bond donors (Lipinski definition) is 3. The Morgan fingerprint density at radius 3 is 2.49 bits per heavy atom. The molecule has 0 amide bonds. The molecule has 2 unspecified atom stereocenters. The number of aromatic nitrogens is 2. The van der Waals surface area contributed by atoms with Gasteiger partial charge >= 0.3 is 19.4 Å². The Labute approximate surface area is 226 Å². The van der Waals surface area contributed by atoms with E-state index in [4.69, 9.17) is 30.1 Å². The van der Waals surface area contributed by atoms with Crippen molar-refractivity contribution >= 4 is 41.2 Å². The van der Waals surface area contributed by atoms with Gasteiger partial charge in [-0.2, -0.15) is 5.09 Å². The number of halogens is 2. The van der Waals surface area contributed by atoms with Crippen molar-refractivity contribution in [3.8, 4) is 5.75 Å². The average Bonchev–Trinajstić information content (AvgIpc) is 2.85. The molecule has 12 nitrogen and oxygen atoms in total. The minimum absolute atomic E-state index is 0.0635. The van der Waals surface area contributed by atoms with Crippen molar-refractivity contribution in [2.75, 3.05) is 11.9 Å². The summed E-state index contributed by atoms with van der Waals surface area (Å²) in [6, 6.07) is 8.13. The molecule has 0 saturated heterocycles. The number of ether oxygens (including phenoxy) is 2. The van der Waals surface area contributed by atoms with Crippen LogP contribution in [0.3, 0.4) is 0 Å². The van der Waals surface area contributed by atoms with Gasteiger partial charge in [0.25, 0.3) is 5.56 Å². The summed E-state index contributed by atoms with van der Waals surface area (Å²) < 4.78 is 36.8. The second-order valence-electron chi connectivity index (χ2n) is 7.88. The van der Waals surface area contributed by atoms with Crippen molar-refractivity contribution in [2.45, 2.75) is 57.2 Å². The van der Waals surface area contributed by atoms with Gasteiger partial charge in [0.2, 0.25) is 0 Å². The number of hydrogen-bond acceptors (Lipinski definition) is 9. The number of alkyl halides is 2. The molecule has 1 aromatic carbocycles. The first kappa shape index (κ1) is 31.2. The van der Waals surface area contributed by atoms with Crippen LogP contribution in [0, 0.1) is 0 Å². The van der Waals surface area contributed by atoms with Crippen molar-refractivity contribution in [1.82, 2.24) is 14.6 Å². The second-order valence-corrected chi connectivity index (χ2v) is 10.7. The summed E-state index contributed by atoms with van der Waals surface area (Å²) >= 11 is 9.09. The Morgan fingerprint density at radius 1 is 1.24 bits per heavy atom. The second kappa shape index (κ2) is 14.8. The molecule has 0 radical (unpaired) electrons. The van der Waals surface area contributed by atoms with E-state index < -0.39 is 55.5 Å². The Hall–Kier alpha value is -1.99. The third-order valence-electron chi connectivity index (χ3n) is 4.91. The van der Waals surface area contributed by atoms with E-state index in [1.54, 1.807) is 25.1 Å². The molecular formula is C22H30BrClN3O9P. The number of nitrogens with one attached hydrogen (secondary N) is 2. The minimum atomic E-state index is -4.26. The minimum Gasteiger partial charge on any atom is -0.462 e. The number of rotatable bonds is 15. The number of aliphatic hydroxyl groups is 1. The fourth-order valence-electron chi connectivity index (χ4n) is 2.77. The Balaban J connectivity index is 2.22. The molecule has 206 valence electrons. The van der Waals surface area contributed by atoms with Gasteiger partial charge in [0, 0.05) is 17.6 Å². The van der Waals surface area contributed by atoms with Crippen LogP contribution in [0.4, 0.5) is 0 Å². The zero-order chi connectivity index (χ0) is 27.6. The van der Waals surface area contributed by atoms with Crippen molar-refractivity contribution in [2.24, 2.45) is 0 Å². The van der Waals surface area contributed by atoms with Gasteiger partial charge in [-0.05, 0) is 32.4 Å². The molecule has 1 aromatic heterocycles. The standard InChI is InChI=1S/C22H30BrClN3O9P/c1-4-14(2)34-21(30)15(3)26-37(32,36-16-8-6-5-7-9-16)33-13-17(20(24)29)35-19(12-23)27-11-10-18(28)25-22(27)31/h5-11,14-15,17,19-20,29H,4,12-13H2,1-3H3,(H,26,32)(H,25,28,31)/t14?,15-,17+,19+,20+,37?/m0/s1. The van der Waals surface area contributed by atoms with E-state index >= 15 is 0 Å². The number of carbonyl (C=O) groups is 1. The normalized spacial score (nSPS) is 17.1. The first-order chi connectivity index (χ1) is 17.5. The summed E-state index contributed by atoms with van der Waals surface area (Å²) in [6.07, 6.45) is -0.902. The maximum Gasteiger partial charge on any atom is 0.459 e. The molecule has 0 aliphatic rings. The van der Waals surface area contributed by atoms with E-state index in [1.807, 2.05) is 6.92 Å². The fraction of sp³-hybridized carbons (Fsp3) is 0.500. The van der Waals surface area contributed by atoms with Crippen LogP contribution in [-0.2, 0) is 23.4 Å². The highest BCUT2D eigenvalue weighted by atomic mass is 79.9. The van der Waals surface area contributed by atoms with Gasteiger partial charge in [0.05, 0.1) is 12.7 Å². The largest absolute Gasteiger partial charge is 0.462 e. The van der Waals surface area contributed by atoms with Gasteiger partial charge in [0.15, 0.2) is 5.56 Å². The molecule has 15 heteroatoms. The number of H-pyrrole nitrogens is 1. The summed E-state index contributed by atoms with van der Waals surface area (Å²) in [5, 5.41) is 12.7. The molecule has 0 spiro atoms. The van der Waals surface area contributed by atoms with Gasteiger partial charge < -0.3 is 19.1 Å². The van der Waals surface area contributed by atoms with Crippen LogP contribution in [0.2, 0.25) is 0 Å². The lowest BCUT2D eigenvalue weighted by Gasteiger charge is -2.28. The van der Waals surface area contributed by atoms with E-state index in [1.165, 1.54) is 25.3 Å². The molecule has 3 N–H and O–H groups in total. The highest BCUT2D eigenvalue weighted by Crippen LogP contribution is 2.45. The van der Waals surface area contributed by atoms with Crippen molar-refractivity contribution < 1.29 is 33.0 Å². The maximum atomic E-state index is 13.6. The summed E-state index contributed by atoms with van der Waals surface area (Å²) in [5.41, 5.74) is -3.01. The maximum absolute atomic E-state index is 13.6. The lowest BCUT2D eigenvalue weighted by Crippen LogP contribution is -2.40. The van der Waals surface area contributed by atoms with Crippen LogP contribution >= 0.6 is 35.3 Å². The quantitative estimate of drug-likeness (QED) is 0.153. The third kappa shape index (κ3) is 10.0. The van der Waals surface area contributed by atoms with Crippen LogP contribution in [0.1, 0.15) is 33.4 Å². The summed E-state index contributed by atoms with van der Waals surface area (Å²) in [7, 11) is -4.26. The Morgan fingerprint density at radius 2 is 1.92 bits per heavy atom. The van der Waals surface area contributed by atoms with E-state index in [0.29, 0.717) is 6.42 Å². The van der Waals surface area contributed by atoms with E-state index in [-0.39, 0.29) is 17.2 Å². The molecule has 2 rings (SSSR count). The van der Waals surface area contributed by atoms with Crippen LogP contribution in [-0.4, -0.2) is 56.4 Å². The summed E-state index contributed by atoms with van der Waals surface area (Å²) in [5.74, 6) is -0.486. The number of para-hydroxylation sites is 1. The highest BCUT2D eigenvalue weighted by Gasteiger charge is 2.35. The number of esters is 1. The van der Waals surface area contributed by atoms with Crippen LogP contribution in [0.25, 0.3) is 0 Å². The van der Waals surface area contributed by atoms with Gasteiger partial charge in [-0.3, -0.25) is 23.7 Å². The molecule has 2 aromatic rings. The van der Waals surface area contributed by atoms with Gasteiger partial charge in [-0.25, -0.2) is 9.36 Å². The first-order valence-corrected chi connectivity index (χ1v) is 14.4. The van der Waals surface area contributed by atoms with E-state index in [9.17, 15) is 24.1 Å². The smallest absolute Gasteiger partial charge is 0.459 e. The third-order valence-corrected chi connectivity index (χ3v) is 7.39. The Bertz CT molecular complexity index is 1160. The predicted octanol–water partition coefficient (Wildman–Crippen LogP) is 2.90. The van der Waals surface area contributed by atoms with Crippen molar-refractivity contribution in [3.05, 3.63) is 63.4 Å². The summed E-state index contributed by atoms with van der Waals surface area (Å²) in [4.78, 5) is 38.0. The number of aliphatic hydroxyl groups excluding tert-OH is 1. The lowest BCUT2D eigenvalue weighted by molar-refractivity contribution is -0.150. The van der Waals surface area contributed by atoms with Crippen molar-refractivity contribution in [3.63, 3.8) is 0 Å².